The lowest BCUT2D eigenvalue weighted by molar-refractivity contribution is -0.385. The molecule has 1 aromatic carbocycles. The van der Waals surface area contributed by atoms with Crippen LogP contribution in [0.4, 0.5) is 5.69 Å². The molecule has 0 aliphatic rings. The van der Waals surface area contributed by atoms with Crippen LogP contribution >= 0.6 is 11.6 Å². The van der Waals surface area contributed by atoms with Gasteiger partial charge in [-0.3, -0.25) is 10.1 Å². The highest BCUT2D eigenvalue weighted by molar-refractivity contribution is 6.34. The van der Waals surface area contributed by atoms with Gasteiger partial charge in [0.05, 0.1) is 10.5 Å². The summed E-state index contributed by atoms with van der Waals surface area (Å²) in [5, 5.41) is 19.7. The van der Waals surface area contributed by atoms with E-state index in [-0.39, 0.29) is 27.9 Å². The molecule has 0 atom stereocenters. The SMILES string of the molecule is Cc1ccc(Oc2nccc(C(=O)O)c2Cl)c([N+](=O)[O-])c1. The minimum absolute atomic E-state index is 0.0671. The Bertz CT molecular complexity index is 732. The number of nitro benzene ring substituents is 1. The predicted octanol–water partition coefficient (Wildman–Crippen LogP) is 3.44. The number of pyridine rings is 1. The van der Waals surface area contributed by atoms with E-state index in [4.69, 9.17) is 21.4 Å². The van der Waals surface area contributed by atoms with Gasteiger partial charge in [-0.25, -0.2) is 9.78 Å². The van der Waals surface area contributed by atoms with Crippen molar-refractivity contribution in [3.8, 4) is 11.6 Å². The van der Waals surface area contributed by atoms with E-state index >= 15 is 0 Å². The van der Waals surface area contributed by atoms with E-state index in [0.717, 1.165) is 0 Å². The first kappa shape index (κ1) is 14.7. The van der Waals surface area contributed by atoms with Gasteiger partial charge in [0.2, 0.25) is 11.6 Å². The number of nitrogens with zero attached hydrogens (tertiary/aromatic N) is 2. The zero-order chi connectivity index (χ0) is 15.6. The van der Waals surface area contributed by atoms with Gasteiger partial charge in [-0.15, -0.1) is 0 Å². The summed E-state index contributed by atoms with van der Waals surface area (Å²) in [5.41, 5.74) is 0.234. The molecule has 0 saturated carbocycles. The molecule has 108 valence electrons. The second kappa shape index (κ2) is 5.76. The zero-order valence-electron chi connectivity index (χ0n) is 10.7. The minimum Gasteiger partial charge on any atom is -0.478 e. The van der Waals surface area contributed by atoms with Crippen LogP contribution in [0.15, 0.2) is 30.5 Å². The summed E-state index contributed by atoms with van der Waals surface area (Å²) in [6.07, 6.45) is 1.20. The van der Waals surface area contributed by atoms with Crippen molar-refractivity contribution in [2.45, 2.75) is 6.92 Å². The Balaban J connectivity index is 2.46. The van der Waals surface area contributed by atoms with E-state index in [9.17, 15) is 14.9 Å². The van der Waals surface area contributed by atoms with E-state index in [1.54, 1.807) is 13.0 Å². The second-order valence-electron chi connectivity index (χ2n) is 4.11. The van der Waals surface area contributed by atoms with Gasteiger partial charge >= 0.3 is 11.7 Å². The van der Waals surface area contributed by atoms with Crippen molar-refractivity contribution in [2.24, 2.45) is 0 Å². The van der Waals surface area contributed by atoms with Crippen LogP contribution in [0.3, 0.4) is 0 Å². The number of ether oxygens (including phenoxy) is 1. The van der Waals surface area contributed by atoms with Crippen LogP contribution in [0.1, 0.15) is 15.9 Å². The lowest BCUT2D eigenvalue weighted by Gasteiger charge is -2.08. The smallest absolute Gasteiger partial charge is 0.337 e. The van der Waals surface area contributed by atoms with E-state index in [1.165, 1.54) is 24.4 Å². The van der Waals surface area contributed by atoms with Gasteiger partial charge in [0.25, 0.3) is 0 Å². The number of halogens is 1. The molecule has 0 bridgehead atoms. The van der Waals surface area contributed by atoms with Crippen molar-refractivity contribution < 1.29 is 19.6 Å². The highest BCUT2D eigenvalue weighted by Crippen LogP contribution is 2.35. The van der Waals surface area contributed by atoms with Crippen LogP contribution < -0.4 is 4.74 Å². The van der Waals surface area contributed by atoms with Gasteiger partial charge in [0.15, 0.2) is 0 Å². The lowest BCUT2D eigenvalue weighted by atomic mass is 10.2. The molecule has 0 spiro atoms. The van der Waals surface area contributed by atoms with Crippen LogP contribution in [0, 0.1) is 17.0 Å². The number of rotatable bonds is 4. The quantitative estimate of drug-likeness (QED) is 0.685. The van der Waals surface area contributed by atoms with Crippen LogP contribution in [-0.4, -0.2) is 21.0 Å². The third kappa shape index (κ3) is 3.09. The Morgan fingerprint density at radius 2 is 2.14 bits per heavy atom. The Labute approximate surface area is 123 Å². The summed E-state index contributed by atoms with van der Waals surface area (Å²) in [6.45, 7) is 1.70. The van der Waals surface area contributed by atoms with Gasteiger partial charge in [-0.05, 0) is 24.6 Å². The number of carboxylic acid groups (broad SMARTS) is 1. The summed E-state index contributed by atoms with van der Waals surface area (Å²) in [5.74, 6) is -1.52. The average molecular weight is 309 g/mol. The normalized spacial score (nSPS) is 10.2. The Morgan fingerprint density at radius 1 is 1.43 bits per heavy atom. The molecule has 0 saturated heterocycles. The van der Waals surface area contributed by atoms with Crippen molar-refractivity contribution in [3.63, 3.8) is 0 Å². The molecule has 1 aromatic heterocycles. The molecule has 0 amide bonds. The molecule has 1 heterocycles. The molecule has 21 heavy (non-hydrogen) atoms. The first-order valence-corrected chi connectivity index (χ1v) is 6.08. The fourth-order valence-corrected chi connectivity index (χ4v) is 1.85. The fourth-order valence-electron chi connectivity index (χ4n) is 1.62. The van der Waals surface area contributed by atoms with Crippen molar-refractivity contribution in [1.82, 2.24) is 4.98 Å². The molecular weight excluding hydrogens is 300 g/mol. The summed E-state index contributed by atoms with van der Waals surface area (Å²) < 4.78 is 5.30. The summed E-state index contributed by atoms with van der Waals surface area (Å²) in [4.78, 5) is 25.2. The molecule has 0 radical (unpaired) electrons. The first-order chi connectivity index (χ1) is 9.90. The number of aryl methyl sites for hydroxylation is 1. The molecule has 2 rings (SSSR count). The molecule has 0 aliphatic carbocycles. The van der Waals surface area contributed by atoms with Crippen LogP contribution in [0.2, 0.25) is 5.02 Å². The number of hydrogen-bond donors (Lipinski definition) is 1. The largest absolute Gasteiger partial charge is 0.478 e. The highest BCUT2D eigenvalue weighted by atomic mass is 35.5. The van der Waals surface area contributed by atoms with Gasteiger partial charge in [0.1, 0.15) is 5.02 Å². The van der Waals surface area contributed by atoms with E-state index in [2.05, 4.69) is 4.98 Å². The molecule has 0 fully saturated rings. The third-order valence-corrected chi connectivity index (χ3v) is 2.97. The van der Waals surface area contributed by atoms with Gasteiger partial charge < -0.3 is 9.84 Å². The summed E-state index contributed by atoms with van der Waals surface area (Å²) in [7, 11) is 0. The standard InChI is InChI=1S/C13H9ClN2O5/c1-7-2-3-10(9(6-7)16(19)20)21-12-11(14)8(13(17)18)4-5-15-12/h2-6H,1H3,(H,17,18). The van der Waals surface area contributed by atoms with Crippen LogP contribution in [-0.2, 0) is 0 Å². The number of nitro groups is 1. The molecule has 1 N–H and O–H groups in total. The fraction of sp³-hybridized carbons (Fsp3) is 0.0769. The maximum Gasteiger partial charge on any atom is 0.337 e. The van der Waals surface area contributed by atoms with Gasteiger partial charge in [0, 0.05) is 12.3 Å². The highest BCUT2D eigenvalue weighted by Gasteiger charge is 2.20. The molecule has 0 unspecified atom stereocenters. The maximum absolute atomic E-state index is 11.0. The van der Waals surface area contributed by atoms with Crippen molar-refractivity contribution in [3.05, 3.63) is 56.7 Å². The van der Waals surface area contributed by atoms with Gasteiger partial charge in [-0.1, -0.05) is 17.7 Å². The number of carboxylic acids is 1. The average Bonchev–Trinajstić information content (AvgIpc) is 2.42. The number of hydrogen-bond acceptors (Lipinski definition) is 5. The third-order valence-electron chi connectivity index (χ3n) is 2.61. The number of aromatic nitrogens is 1. The molecule has 8 heteroatoms. The van der Waals surface area contributed by atoms with Crippen molar-refractivity contribution >= 4 is 23.3 Å². The van der Waals surface area contributed by atoms with E-state index < -0.39 is 10.9 Å². The predicted molar refractivity (Wildman–Crippen MR) is 74.1 cm³/mol. The van der Waals surface area contributed by atoms with E-state index in [1.807, 2.05) is 0 Å². The number of carbonyl (C=O) groups is 1. The topological polar surface area (TPSA) is 103 Å². The Hall–Kier alpha value is -2.67. The van der Waals surface area contributed by atoms with Crippen molar-refractivity contribution in [2.75, 3.05) is 0 Å². The number of benzene rings is 1. The van der Waals surface area contributed by atoms with Crippen molar-refractivity contribution in [1.29, 1.82) is 0 Å². The molecular formula is C13H9ClN2O5. The first-order valence-electron chi connectivity index (χ1n) is 5.71. The molecule has 2 aromatic rings. The summed E-state index contributed by atoms with van der Waals surface area (Å²) in [6, 6.07) is 5.57. The number of aromatic carboxylic acids is 1. The molecule has 0 aliphatic heterocycles. The lowest BCUT2D eigenvalue weighted by Crippen LogP contribution is -2.01. The molecule has 7 nitrogen and oxygen atoms in total. The second-order valence-corrected chi connectivity index (χ2v) is 4.49. The van der Waals surface area contributed by atoms with E-state index in [0.29, 0.717) is 5.56 Å². The van der Waals surface area contributed by atoms with Crippen LogP contribution in [0.25, 0.3) is 0 Å². The Kier molecular flexibility index (Phi) is 4.04. The Morgan fingerprint density at radius 3 is 2.76 bits per heavy atom. The monoisotopic (exact) mass is 308 g/mol. The zero-order valence-corrected chi connectivity index (χ0v) is 11.5. The maximum atomic E-state index is 11.0. The van der Waals surface area contributed by atoms with Gasteiger partial charge in [-0.2, -0.15) is 0 Å². The minimum atomic E-state index is -1.24. The summed E-state index contributed by atoms with van der Waals surface area (Å²) >= 11 is 5.88. The van der Waals surface area contributed by atoms with Crippen LogP contribution in [0.5, 0.6) is 11.6 Å².